The molecule has 0 atom stereocenters. The van der Waals surface area contributed by atoms with Crippen LogP contribution in [0.5, 0.6) is 0 Å². The lowest BCUT2D eigenvalue weighted by Crippen LogP contribution is -2.42. The minimum Gasteiger partial charge on any atom is -0.378 e. The second kappa shape index (κ2) is 9.39. The average Bonchev–Trinajstić information content (AvgIpc) is 3.00. The van der Waals surface area contributed by atoms with Crippen molar-refractivity contribution in [2.24, 2.45) is 5.73 Å². The Morgan fingerprint density at radius 2 is 2.12 bits per heavy atom. The van der Waals surface area contributed by atoms with Gasteiger partial charge in [0.15, 0.2) is 0 Å². The number of ether oxygens (including phenoxy) is 1. The van der Waals surface area contributed by atoms with E-state index in [1.54, 1.807) is 11.8 Å². The quantitative estimate of drug-likeness (QED) is 0.716. The number of fused-ring (bicyclic) bond motifs is 1. The van der Waals surface area contributed by atoms with Crippen LogP contribution in [0.2, 0.25) is 0 Å². The van der Waals surface area contributed by atoms with E-state index in [0.29, 0.717) is 19.7 Å². The minimum absolute atomic E-state index is 0.163. The number of carbonyl (C=O) groups excluding carboxylic acids is 1. The summed E-state index contributed by atoms with van der Waals surface area (Å²) < 4.78 is 7.90. The Morgan fingerprint density at radius 3 is 2.85 bits per heavy atom. The first kappa shape index (κ1) is 19.2. The summed E-state index contributed by atoms with van der Waals surface area (Å²) in [4.78, 5) is 19.5. The van der Waals surface area contributed by atoms with Crippen molar-refractivity contribution in [1.82, 2.24) is 14.5 Å². The lowest BCUT2D eigenvalue weighted by atomic mass is 10.1. The molecule has 1 amide bonds. The van der Waals surface area contributed by atoms with Crippen molar-refractivity contribution in [3.05, 3.63) is 30.1 Å². The van der Waals surface area contributed by atoms with Gasteiger partial charge in [-0.3, -0.25) is 4.79 Å². The van der Waals surface area contributed by atoms with E-state index in [1.807, 2.05) is 29.2 Å². The third-order valence-corrected chi connectivity index (χ3v) is 5.34. The molecule has 2 N–H and O–H groups in total. The fraction of sp³-hybridized carbons (Fsp3) is 0.579. The topological polar surface area (TPSA) is 73.4 Å². The van der Waals surface area contributed by atoms with Crippen LogP contribution in [0.15, 0.2) is 24.3 Å². The molecule has 0 aliphatic carbocycles. The fourth-order valence-electron chi connectivity index (χ4n) is 3.38. The van der Waals surface area contributed by atoms with Gasteiger partial charge in [-0.2, -0.15) is 11.8 Å². The number of likely N-dealkylation sites (tertiary alicyclic amines) is 1. The number of imidazole rings is 1. The minimum atomic E-state index is 0.163. The molecule has 0 bridgehead atoms. The normalized spacial score (nSPS) is 15.7. The summed E-state index contributed by atoms with van der Waals surface area (Å²) in [6, 6.07) is 8.03. The van der Waals surface area contributed by atoms with Crippen LogP contribution < -0.4 is 5.73 Å². The lowest BCUT2D eigenvalue weighted by Gasteiger charge is -2.32. The Hall–Kier alpha value is -1.57. The number of rotatable bonds is 8. The third-order valence-electron chi connectivity index (χ3n) is 4.80. The zero-order chi connectivity index (χ0) is 18.4. The number of benzene rings is 1. The Balaban J connectivity index is 1.62. The SMILES string of the molecule is CSCc1nc2ccccc2n1CC(=O)N1CCC(OCCCN)CC1. The predicted octanol–water partition coefficient (Wildman–Crippen LogP) is 2.26. The summed E-state index contributed by atoms with van der Waals surface area (Å²) >= 11 is 1.72. The number of thioether (sulfide) groups is 1. The van der Waals surface area contributed by atoms with Gasteiger partial charge < -0.3 is 19.9 Å². The van der Waals surface area contributed by atoms with E-state index in [4.69, 9.17) is 15.5 Å². The molecule has 1 fully saturated rings. The monoisotopic (exact) mass is 376 g/mol. The van der Waals surface area contributed by atoms with Crippen molar-refractivity contribution in [3.63, 3.8) is 0 Å². The lowest BCUT2D eigenvalue weighted by molar-refractivity contribution is -0.134. The van der Waals surface area contributed by atoms with Crippen molar-refractivity contribution >= 4 is 28.7 Å². The molecule has 142 valence electrons. The van der Waals surface area contributed by atoms with Crippen molar-refractivity contribution in [1.29, 1.82) is 0 Å². The summed E-state index contributed by atoms with van der Waals surface area (Å²) in [5, 5.41) is 0. The summed E-state index contributed by atoms with van der Waals surface area (Å²) in [5.74, 6) is 1.93. The summed E-state index contributed by atoms with van der Waals surface area (Å²) in [7, 11) is 0. The highest BCUT2D eigenvalue weighted by molar-refractivity contribution is 7.97. The maximum absolute atomic E-state index is 12.8. The fourth-order valence-corrected chi connectivity index (χ4v) is 3.86. The van der Waals surface area contributed by atoms with Gasteiger partial charge in [0.05, 0.1) is 22.9 Å². The van der Waals surface area contributed by atoms with E-state index >= 15 is 0 Å². The zero-order valence-electron chi connectivity index (χ0n) is 15.4. The molecule has 6 nitrogen and oxygen atoms in total. The van der Waals surface area contributed by atoms with Gasteiger partial charge in [0, 0.05) is 19.7 Å². The van der Waals surface area contributed by atoms with E-state index in [9.17, 15) is 4.79 Å². The second-order valence-electron chi connectivity index (χ2n) is 6.63. The van der Waals surface area contributed by atoms with Crippen LogP contribution in [0, 0.1) is 0 Å². The number of hydrogen-bond donors (Lipinski definition) is 1. The number of amides is 1. The molecule has 1 aliphatic heterocycles. The van der Waals surface area contributed by atoms with Crippen LogP contribution in [-0.4, -0.2) is 59.0 Å². The summed E-state index contributed by atoms with van der Waals surface area (Å²) in [6.07, 6.45) is 5.01. The molecule has 7 heteroatoms. The molecule has 1 aromatic carbocycles. The Bertz CT molecular complexity index is 725. The molecule has 2 aromatic rings. The predicted molar refractivity (Wildman–Crippen MR) is 106 cm³/mol. The summed E-state index contributed by atoms with van der Waals surface area (Å²) in [5.41, 5.74) is 7.49. The average molecular weight is 377 g/mol. The highest BCUT2D eigenvalue weighted by Crippen LogP contribution is 2.20. The standard InChI is InChI=1S/C19H28N4O2S/c1-26-14-18-21-16-5-2-3-6-17(16)23(18)13-19(24)22-10-7-15(8-11-22)25-12-4-9-20/h2-3,5-6,15H,4,7-14,20H2,1H3. The third kappa shape index (κ3) is 4.58. The highest BCUT2D eigenvalue weighted by Gasteiger charge is 2.24. The van der Waals surface area contributed by atoms with Crippen molar-refractivity contribution in [2.75, 3.05) is 32.5 Å². The molecule has 2 heterocycles. The van der Waals surface area contributed by atoms with Gasteiger partial charge >= 0.3 is 0 Å². The number of nitrogens with two attached hydrogens (primary N) is 1. The van der Waals surface area contributed by atoms with Crippen molar-refractivity contribution < 1.29 is 9.53 Å². The molecule has 0 unspecified atom stereocenters. The van der Waals surface area contributed by atoms with Crippen molar-refractivity contribution in [2.45, 2.75) is 37.7 Å². The molecule has 0 spiro atoms. The zero-order valence-corrected chi connectivity index (χ0v) is 16.2. The maximum atomic E-state index is 12.8. The van der Waals surface area contributed by atoms with Gasteiger partial charge in [-0.05, 0) is 44.2 Å². The van der Waals surface area contributed by atoms with Crippen LogP contribution in [-0.2, 0) is 21.8 Å². The maximum Gasteiger partial charge on any atom is 0.242 e. The van der Waals surface area contributed by atoms with E-state index in [1.165, 1.54) is 0 Å². The summed E-state index contributed by atoms with van der Waals surface area (Å²) in [6.45, 7) is 3.26. The van der Waals surface area contributed by atoms with E-state index in [0.717, 1.165) is 55.0 Å². The number of carbonyl (C=O) groups is 1. The molecular formula is C19H28N4O2S. The van der Waals surface area contributed by atoms with Gasteiger partial charge in [0.25, 0.3) is 0 Å². The molecular weight excluding hydrogens is 348 g/mol. The molecule has 1 saturated heterocycles. The molecule has 3 rings (SSSR count). The van der Waals surface area contributed by atoms with Crippen LogP contribution in [0.25, 0.3) is 11.0 Å². The van der Waals surface area contributed by atoms with Gasteiger partial charge in [-0.1, -0.05) is 12.1 Å². The second-order valence-corrected chi connectivity index (χ2v) is 7.50. The van der Waals surface area contributed by atoms with Crippen molar-refractivity contribution in [3.8, 4) is 0 Å². The first-order chi connectivity index (χ1) is 12.7. The smallest absolute Gasteiger partial charge is 0.242 e. The number of piperidine rings is 1. The first-order valence-corrected chi connectivity index (χ1v) is 10.6. The first-order valence-electron chi connectivity index (χ1n) is 9.25. The Labute approximate surface area is 159 Å². The van der Waals surface area contributed by atoms with E-state index in [2.05, 4.69) is 10.8 Å². The van der Waals surface area contributed by atoms with Crippen LogP contribution in [0.4, 0.5) is 0 Å². The van der Waals surface area contributed by atoms with Crippen LogP contribution in [0.1, 0.15) is 25.1 Å². The van der Waals surface area contributed by atoms with Gasteiger partial charge in [-0.25, -0.2) is 4.98 Å². The number of nitrogens with zero attached hydrogens (tertiary/aromatic N) is 3. The molecule has 1 aromatic heterocycles. The van der Waals surface area contributed by atoms with Crippen LogP contribution in [0.3, 0.4) is 0 Å². The number of aromatic nitrogens is 2. The molecule has 0 saturated carbocycles. The molecule has 1 aliphatic rings. The van der Waals surface area contributed by atoms with E-state index in [-0.39, 0.29) is 12.0 Å². The van der Waals surface area contributed by atoms with E-state index < -0.39 is 0 Å². The Kier molecular flexibility index (Phi) is 6.93. The molecule has 0 radical (unpaired) electrons. The van der Waals surface area contributed by atoms with Gasteiger partial charge in [-0.15, -0.1) is 0 Å². The van der Waals surface area contributed by atoms with Gasteiger partial charge in [0.2, 0.25) is 5.91 Å². The van der Waals surface area contributed by atoms with Gasteiger partial charge in [0.1, 0.15) is 12.4 Å². The van der Waals surface area contributed by atoms with Crippen LogP contribution >= 0.6 is 11.8 Å². The number of hydrogen-bond acceptors (Lipinski definition) is 5. The highest BCUT2D eigenvalue weighted by atomic mass is 32.2. The number of para-hydroxylation sites is 2. The Morgan fingerprint density at radius 1 is 1.35 bits per heavy atom. The molecule has 26 heavy (non-hydrogen) atoms. The largest absolute Gasteiger partial charge is 0.378 e.